The molecule has 4 heteroatoms. The minimum Gasteiger partial charge on any atom is -0.494 e. The van der Waals surface area contributed by atoms with E-state index < -0.39 is 0 Å². The van der Waals surface area contributed by atoms with Crippen molar-refractivity contribution >= 4 is 17.3 Å². The molecule has 0 bridgehead atoms. The minimum atomic E-state index is 0.0561. The van der Waals surface area contributed by atoms with Crippen molar-refractivity contribution in [2.75, 3.05) is 18.2 Å². The molecular formula is C11H14N2O2. The second-order valence-electron chi connectivity index (χ2n) is 3.62. The third-order valence-electron chi connectivity index (χ3n) is 2.60. The van der Waals surface area contributed by atoms with Crippen LogP contribution in [-0.2, 0) is 11.2 Å². The summed E-state index contributed by atoms with van der Waals surface area (Å²) in [5, 5.41) is 2.85. The first-order chi connectivity index (χ1) is 7.22. The summed E-state index contributed by atoms with van der Waals surface area (Å²) in [7, 11) is 1.60. The molecule has 2 rings (SSSR count). The molecule has 15 heavy (non-hydrogen) atoms. The monoisotopic (exact) mass is 206 g/mol. The largest absolute Gasteiger partial charge is 0.494 e. The maximum absolute atomic E-state index is 11.3. The zero-order valence-corrected chi connectivity index (χ0v) is 8.67. The Morgan fingerprint density at radius 3 is 2.93 bits per heavy atom. The predicted octanol–water partition coefficient (Wildman–Crippen LogP) is 1.55. The van der Waals surface area contributed by atoms with E-state index in [1.165, 1.54) is 0 Å². The second kappa shape index (κ2) is 3.81. The molecule has 1 aliphatic rings. The van der Waals surface area contributed by atoms with E-state index in [0.29, 0.717) is 17.9 Å². The van der Waals surface area contributed by atoms with Crippen LogP contribution in [0, 0.1) is 0 Å². The number of methoxy groups -OCH3 is 1. The van der Waals surface area contributed by atoms with Gasteiger partial charge in [0.05, 0.1) is 12.8 Å². The van der Waals surface area contributed by atoms with Gasteiger partial charge < -0.3 is 15.8 Å². The maximum atomic E-state index is 11.3. The van der Waals surface area contributed by atoms with Crippen LogP contribution in [-0.4, -0.2) is 13.0 Å². The van der Waals surface area contributed by atoms with Gasteiger partial charge in [0, 0.05) is 17.7 Å². The highest BCUT2D eigenvalue weighted by molar-refractivity contribution is 5.93. The molecule has 0 spiro atoms. The molecule has 1 aromatic rings. The number of fused-ring (bicyclic) bond motifs is 1. The number of amides is 1. The predicted molar refractivity (Wildman–Crippen MR) is 59.0 cm³/mol. The van der Waals surface area contributed by atoms with E-state index in [1.807, 2.05) is 6.07 Å². The minimum absolute atomic E-state index is 0.0561. The SMILES string of the molecule is COc1c(N)ccc2c1CCCC(=O)N2. The fraction of sp³-hybridized carbons (Fsp3) is 0.364. The molecule has 1 heterocycles. The standard InChI is InChI=1S/C11H14N2O2/c1-15-11-7-3-2-4-10(14)13-9(7)6-5-8(11)12/h5-6H,2-4,12H2,1H3,(H,13,14). The number of benzene rings is 1. The lowest BCUT2D eigenvalue weighted by Gasteiger charge is -2.13. The molecule has 1 amide bonds. The summed E-state index contributed by atoms with van der Waals surface area (Å²) in [4.78, 5) is 11.3. The Hall–Kier alpha value is -1.71. The van der Waals surface area contributed by atoms with Crippen molar-refractivity contribution in [3.8, 4) is 5.75 Å². The van der Waals surface area contributed by atoms with Gasteiger partial charge in [0.2, 0.25) is 5.91 Å². The number of hydrogen-bond acceptors (Lipinski definition) is 3. The molecule has 0 fully saturated rings. The summed E-state index contributed by atoms with van der Waals surface area (Å²) < 4.78 is 5.26. The second-order valence-corrected chi connectivity index (χ2v) is 3.62. The van der Waals surface area contributed by atoms with Crippen LogP contribution in [0.25, 0.3) is 0 Å². The van der Waals surface area contributed by atoms with Crippen molar-refractivity contribution in [2.24, 2.45) is 0 Å². The molecule has 0 radical (unpaired) electrons. The zero-order valence-electron chi connectivity index (χ0n) is 8.67. The van der Waals surface area contributed by atoms with Crippen LogP contribution in [0.2, 0.25) is 0 Å². The van der Waals surface area contributed by atoms with Gasteiger partial charge in [0.1, 0.15) is 5.75 Å². The van der Waals surface area contributed by atoms with E-state index in [-0.39, 0.29) is 5.91 Å². The van der Waals surface area contributed by atoms with Crippen molar-refractivity contribution in [1.29, 1.82) is 0 Å². The smallest absolute Gasteiger partial charge is 0.224 e. The van der Waals surface area contributed by atoms with Crippen molar-refractivity contribution in [2.45, 2.75) is 19.3 Å². The number of ether oxygens (including phenoxy) is 1. The lowest BCUT2D eigenvalue weighted by atomic mass is 10.1. The Balaban J connectivity index is 2.50. The van der Waals surface area contributed by atoms with Gasteiger partial charge in [-0.3, -0.25) is 4.79 Å². The quantitative estimate of drug-likeness (QED) is 0.685. The van der Waals surface area contributed by atoms with E-state index in [4.69, 9.17) is 10.5 Å². The van der Waals surface area contributed by atoms with Gasteiger partial charge in [-0.05, 0) is 25.0 Å². The number of carbonyl (C=O) groups is 1. The molecule has 0 saturated heterocycles. The van der Waals surface area contributed by atoms with Crippen molar-refractivity contribution in [1.82, 2.24) is 0 Å². The fourth-order valence-corrected chi connectivity index (χ4v) is 1.89. The van der Waals surface area contributed by atoms with Gasteiger partial charge in [-0.2, -0.15) is 0 Å². The van der Waals surface area contributed by atoms with Crippen LogP contribution in [0.15, 0.2) is 12.1 Å². The highest BCUT2D eigenvalue weighted by Gasteiger charge is 2.17. The Bertz CT molecular complexity index is 402. The van der Waals surface area contributed by atoms with E-state index in [9.17, 15) is 4.79 Å². The summed E-state index contributed by atoms with van der Waals surface area (Å²) in [6, 6.07) is 3.58. The lowest BCUT2D eigenvalue weighted by Crippen LogP contribution is -2.09. The topological polar surface area (TPSA) is 64.3 Å². The van der Waals surface area contributed by atoms with Crippen molar-refractivity contribution in [3.05, 3.63) is 17.7 Å². The van der Waals surface area contributed by atoms with Crippen LogP contribution in [0.5, 0.6) is 5.75 Å². The fourth-order valence-electron chi connectivity index (χ4n) is 1.89. The first-order valence-corrected chi connectivity index (χ1v) is 4.97. The molecule has 80 valence electrons. The average molecular weight is 206 g/mol. The van der Waals surface area contributed by atoms with Gasteiger partial charge in [-0.15, -0.1) is 0 Å². The van der Waals surface area contributed by atoms with E-state index in [2.05, 4.69) is 5.32 Å². The number of nitrogens with two attached hydrogens (primary N) is 1. The Morgan fingerprint density at radius 1 is 1.40 bits per heavy atom. The summed E-state index contributed by atoms with van der Waals surface area (Å²) >= 11 is 0. The lowest BCUT2D eigenvalue weighted by molar-refractivity contribution is -0.116. The van der Waals surface area contributed by atoms with Gasteiger partial charge in [0.15, 0.2) is 0 Å². The average Bonchev–Trinajstić information content (AvgIpc) is 2.39. The third kappa shape index (κ3) is 1.75. The summed E-state index contributed by atoms with van der Waals surface area (Å²) in [6.07, 6.45) is 2.21. The van der Waals surface area contributed by atoms with E-state index in [0.717, 1.165) is 24.1 Å². The number of carbonyl (C=O) groups excluding carboxylic acids is 1. The van der Waals surface area contributed by atoms with E-state index >= 15 is 0 Å². The summed E-state index contributed by atoms with van der Waals surface area (Å²) in [5.41, 5.74) is 8.25. The van der Waals surface area contributed by atoms with Crippen molar-refractivity contribution in [3.63, 3.8) is 0 Å². The summed E-state index contributed by atoms with van der Waals surface area (Å²) in [6.45, 7) is 0. The molecule has 0 atom stereocenters. The first-order valence-electron chi connectivity index (χ1n) is 4.97. The molecule has 4 nitrogen and oxygen atoms in total. The van der Waals surface area contributed by atoms with Crippen LogP contribution < -0.4 is 15.8 Å². The van der Waals surface area contributed by atoms with Crippen LogP contribution >= 0.6 is 0 Å². The number of nitrogen functional groups attached to an aromatic ring is 1. The van der Waals surface area contributed by atoms with Crippen molar-refractivity contribution < 1.29 is 9.53 Å². The molecular weight excluding hydrogens is 192 g/mol. The third-order valence-corrected chi connectivity index (χ3v) is 2.60. The van der Waals surface area contributed by atoms with Gasteiger partial charge >= 0.3 is 0 Å². The maximum Gasteiger partial charge on any atom is 0.224 e. The first kappa shape index (κ1) is 9.83. The van der Waals surface area contributed by atoms with Gasteiger partial charge in [-0.1, -0.05) is 0 Å². The van der Waals surface area contributed by atoms with Crippen LogP contribution in [0.1, 0.15) is 18.4 Å². The van der Waals surface area contributed by atoms with Crippen LogP contribution in [0.4, 0.5) is 11.4 Å². The molecule has 0 saturated carbocycles. The molecule has 0 aromatic heterocycles. The number of nitrogens with one attached hydrogen (secondary N) is 1. The van der Waals surface area contributed by atoms with E-state index in [1.54, 1.807) is 13.2 Å². The summed E-state index contributed by atoms with van der Waals surface area (Å²) in [5.74, 6) is 0.746. The number of anilines is 2. The molecule has 0 unspecified atom stereocenters. The Kier molecular flexibility index (Phi) is 2.49. The Labute approximate surface area is 88.4 Å². The molecule has 1 aromatic carbocycles. The molecule has 3 N–H and O–H groups in total. The van der Waals surface area contributed by atoms with Crippen LogP contribution in [0.3, 0.4) is 0 Å². The number of hydrogen-bond donors (Lipinski definition) is 2. The van der Waals surface area contributed by atoms with Gasteiger partial charge in [0.25, 0.3) is 0 Å². The Morgan fingerprint density at radius 2 is 2.20 bits per heavy atom. The molecule has 0 aliphatic carbocycles. The van der Waals surface area contributed by atoms with Gasteiger partial charge in [-0.25, -0.2) is 0 Å². The zero-order chi connectivity index (χ0) is 10.8. The highest BCUT2D eigenvalue weighted by Crippen LogP contribution is 2.35. The highest BCUT2D eigenvalue weighted by atomic mass is 16.5. The molecule has 1 aliphatic heterocycles. The number of rotatable bonds is 1. The normalized spacial score (nSPS) is 15.1.